The molecule has 0 saturated heterocycles. The number of allylic oxidation sites excluding steroid dienone is 2. The van der Waals surface area contributed by atoms with Crippen molar-refractivity contribution in [1.29, 1.82) is 0 Å². The van der Waals surface area contributed by atoms with Crippen LogP contribution in [0.15, 0.2) is 42.5 Å². The van der Waals surface area contributed by atoms with Gasteiger partial charge in [0, 0.05) is 18.3 Å². The third-order valence-corrected chi connectivity index (χ3v) is 4.80. The summed E-state index contributed by atoms with van der Waals surface area (Å²) in [6.45, 7) is 0.215. The summed E-state index contributed by atoms with van der Waals surface area (Å²) in [5, 5.41) is -0.230. The summed E-state index contributed by atoms with van der Waals surface area (Å²) in [4.78, 5) is 25.3. The molecule has 3 nitrogen and oxygen atoms in total. The van der Waals surface area contributed by atoms with Crippen molar-refractivity contribution >= 4 is 34.9 Å². The summed E-state index contributed by atoms with van der Waals surface area (Å²) < 4.78 is 40.0. The van der Waals surface area contributed by atoms with Gasteiger partial charge in [-0.3, -0.25) is 4.79 Å². The van der Waals surface area contributed by atoms with Crippen LogP contribution in [0.25, 0.3) is 5.57 Å². The smallest absolute Gasteiger partial charge is 0.368 e. The maximum absolute atomic E-state index is 13.3. The Morgan fingerprint density at radius 1 is 1.26 bits per heavy atom. The quantitative estimate of drug-likeness (QED) is 0.540. The highest BCUT2D eigenvalue weighted by atomic mass is 35.5. The van der Waals surface area contributed by atoms with Gasteiger partial charge in [-0.15, -0.1) is 0 Å². The van der Waals surface area contributed by atoms with E-state index in [0.717, 1.165) is 23.6 Å². The van der Waals surface area contributed by atoms with Crippen molar-refractivity contribution in [3.8, 4) is 0 Å². The van der Waals surface area contributed by atoms with Gasteiger partial charge in [0.15, 0.2) is 5.78 Å². The van der Waals surface area contributed by atoms with Crippen LogP contribution < -0.4 is 4.90 Å². The van der Waals surface area contributed by atoms with Crippen LogP contribution >= 0.6 is 11.6 Å². The van der Waals surface area contributed by atoms with Crippen LogP contribution in [0.3, 0.4) is 0 Å². The predicted molar refractivity (Wildman–Crippen MR) is 98.2 cm³/mol. The molecule has 0 aliphatic heterocycles. The second kappa shape index (κ2) is 7.19. The van der Waals surface area contributed by atoms with E-state index in [1.54, 1.807) is 30.2 Å². The maximum Gasteiger partial charge on any atom is 0.417 e. The van der Waals surface area contributed by atoms with E-state index in [2.05, 4.69) is 0 Å². The van der Waals surface area contributed by atoms with Crippen molar-refractivity contribution in [2.24, 2.45) is 0 Å². The zero-order valence-electron chi connectivity index (χ0n) is 14.3. The van der Waals surface area contributed by atoms with Crippen LogP contribution in [-0.2, 0) is 17.4 Å². The summed E-state index contributed by atoms with van der Waals surface area (Å²) in [7, 11) is 1.75. The molecule has 1 aliphatic rings. The summed E-state index contributed by atoms with van der Waals surface area (Å²) >= 11 is 5.95. The Labute approximate surface area is 159 Å². The van der Waals surface area contributed by atoms with Gasteiger partial charge in [-0.05, 0) is 41.8 Å². The first-order valence-corrected chi connectivity index (χ1v) is 8.50. The molecule has 0 aromatic heterocycles. The van der Waals surface area contributed by atoms with Crippen LogP contribution in [0.5, 0.6) is 0 Å². The number of likely N-dealkylation sites (N-methyl/N-ethyl adjacent to an activating group) is 1. The monoisotopic (exact) mass is 393 g/mol. The van der Waals surface area contributed by atoms with Crippen LogP contribution in [0.1, 0.15) is 27.0 Å². The molecule has 0 atom stereocenters. The van der Waals surface area contributed by atoms with Gasteiger partial charge in [-0.2, -0.15) is 13.2 Å². The Balaban J connectivity index is 2.00. The van der Waals surface area contributed by atoms with E-state index in [1.165, 1.54) is 12.1 Å². The number of alkyl halides is 3. The van der Waals surface area contributed by atoms with Crippen molar-refractivity contribution < 1.29 is 22.8 Å². The van der Waals surface area contributed by atoms with E-state index in [-0.39, 0.29) is 17.1 Å². The third-order valence-electron chi connectivity index (χ3n) is 4.48. The van der Waals surface area contributed by atoms with E-state index in [9.17, 15) is 22.8 Å². The molecular formula is C20H15ClF3NO2. The number of anilines is 1. The van der Waals surface area contributed by atoms with Crippen LogP contribution in [0, 0.1) is 0 Å². The van der Waals surface area contributed by atoms with Crippen molar-refractivity contribution in [3.63, 3.8) is 0 Å². The second-order valence-corrected chi connectivity index (χ2v) is 6.61. The SMILES string of the molecule is CN(CC=O)c1ccc2c(c1)CC=C2C(=O)c1c(Cl)cccc1C(F)(F)F. The standard InChI is InChI=1S/C20H15ClF3NO2/c1-25(9-10-26)13-6-8-14-12(11-13)5-7-15(14)19(27)18-16(20(22,23)24)3-2-4-17(18)21/h2-4,6-8,10-11H,5,9H2,1H3. The van der Waals surface area contributed by atoms with Gasteiger partial charge in [0.05, 0.1) is 22.7 Å². The third kappa shape index (κ3) is 3.62. The summed E-state index contributed by atoms with van der Waals surface area (Å²) in [5.74, 6) is -0.749. The molecule has 0 saturated carbocycles. The highest BCUT2D eigenvalue weighted by Crippen LogP contribution is 2.39. The molecule has 3 rings (SSSR count). The Kier molecular flexibility index (Phi) is 5.11. The molecule has 0 N–H and O–H groups in total. The van der Waals surface area contributed by atoms with Crippen molar-refractivity contribution in [2.45, 2.75) is 12.6 Å². The molecule has 0 spiro atoms. The zero-order chi connectivity index (χ0) is 19.8. The number of halogens is 4. The molecule has 0 unspecified atom stereocenters. The van der Waals surface area contributed by atoms with Crippen molar-refractivity contribution in [2.75, 3.05) is 18.5 Å². The average molecular weight is 394 g/mol. The lowest BCUT2D eigenvalue weighted by Crippen LogP contribution is -2.19. The maximum atomic E-state index is 13.3. The summed E-state index contributed by atoms with van der Waals surface area (Å²) in [6, 6.07) is 8.55. The highest BCUT2D eigenvalue weighted by molar-refractivity contribution is 6.39. The van der Waals surface area contributed by atoms with E-state index in [0.29, 0.717) is 12.0 Å². The summed E-state index contributed by atoms with van der Waals surface area (Å²) in [6.07, 6.45) is -1.87. The first-order chi connectivity index (χ1) is 12.7. The fourth-order valence-electron chi connectivity index (χ4n) is 3.13. The van der Waals surface area contributed by atoms with Gasteiger partial charge in [-0.25, -0.2) is 0 Å². The van der Waals surface area contributed by atoms with Crippen molar-refractivity contribution in [1.82, 2.24) is 0 Å². The minimum atomic E-state index is -4.68. The number of Topliss-reactive ketones (excluding diaryl/α,β-unsaturated/α-hetero) is 1. The van der Waals surface area contributed by atoms with Crippen LogP contribution in [-0.4, -0.2) is 25.7 Å². The van der Waals surface area contributed by atoms with E-state index >= 15 is 0 Å². The Bertz CT molecular complexity index is 951. The Morgan fingerprint density at radius 3 is 2.67 bits per heavy atom. The molecular weight excluding hydrogens is 379 g/mol. The fraction of sp³-hybridized carbons (Fsp3) is 0.200. The number of aldehydes is 1. The molecule has 2 aromatic carbocycles. The van der Waals surface area contributed by atoms with Gasteiger partial charge in [0.1, 0.15) is 6.29 Å². The van der Waals surface area contributed by atoms with Gasteiger partial charge in [0.2, 0.25) is 0 Å². The topological polar surface area (TPSA) is 37.4 Å². The molecule has 0 heterocycles. The molecule has 1 aliphatic carbocycles. The molecule has 140 valence electrons. The fourth-order valence-corrected chi connectivity index (χ4v) is 3.39. The van der Waals surface area contributed by atoms with E-state index in [1.807, 2.05) is 6.07 Å². The Morgan fingerprint density at radius 2 is 2.00 bits per heavy atom. The average Bonchev–Trinajstić information content (AvgIpc) is 3.03. The lowest BCUT2D eigenvalue weighted by Gasteiger charge is -2.18. The number of ketones is 1. The minimum Gasteiger partial charge on any atom is -0.368 e. The van der Waals surface area contributed by atoms with E-state index < -0.39 is 23.1 Å². The summed E-state index contributed by atoms with van der Waals surface area (Å²) in [5.41, 5.74) is 0.806. The molecule has 0 amide bonds. The number of hydrogen-bond acceptors (Lipinski definition) is 3. The lowest BCUT2D eigenvalue weighted by atomic mass is 9.94. The molecule has 0 fully saturated rings. The lowest BCUT2D eigenvalue weighted by molar-refractivity contribution is -0.137. The number of carbonyl (C=O) groups is 2. The number of carbonyl (C=O) groups excluding carboxylic acids is 2. The first kappa shape index (κ1) is 19.2. The van der Waals surface area contributed by atoms with Crippen LogP contribution in [0.4, 0.5) is 18.9 Å². The van der Waals surface area contributed by atoms with Gasteiger partial charge in [0.25, 0.3) is 0 Å². The second-order valence-electron chi connectivity index (χ2n) is 6.20. The molecule has 0 bridgehead atoms. The Hall–Kier alpha value is -2.60. The molecule has 0 radical (unpaired) electrons. The van der Waals surface area contributed by atoms with Gasteiger partial charge in [-0.1, -0.05) is 29.8 Å². The molecule has 2 aromatic rings. The van der Waals surface area contributed by atoms with Crippen LogP contribution in [0.2, 0.25) is 5.02 Å². The number of rotatable bonds is 5. The normalized spacial score (nSPS) is 13.1. The minimum absolute atomic E-state index is 0.202. The zero-order valence-corrected chi connectivity index (χ0v) is 15.1. The number of nitrogens with zero attached hydrogens (tertiary/aromatic N) is 1. The predicted octanol–water partition coefficient (Wildman–Crippen LogP) is 4.82. The van der Waals surface area contributed by atoms with E-state index in [4.69, 9.17) is 11.6 Å². The highest BCUT2D eigenvalue weighted by Gasteiger charge is 2.37. The van der Waals surface area contributed by atoms with Gasteiger partial charge < -0.3 is 9.69 Å². The van der Waals surface area contributed by atoms with Gasteiger partial charge >= 0.3 is 6.18 Å². The number of fused-ring (bicyclic) bond motifs is 1. The number of hydrogen-bond donors (Lipinski definition) is 0. The largest absolute Gasteiger partial charge is 0.417 e. The van der Waals surface area contributed by atoms with Crippen molar-refractivity contribution in [3.05, 3.63) is 69.8 Å². The molecule has 27 heavy (non-hydrogen) atoms. The number of benzene rings is 2. The first-order valence-electron chi connectivity index (χ1n) is 8.12. The molecule has 7 heteroatoms.